The van der Waals surface area contributed by atoms with Gasteiger partial charge in [-0.25, -0.2) is 0 Å². The van der Waals surface area contributed by atoms with Crippen molar-refractivity contribution in [3.05, 3.63) is 15.8 Å². The van der Waals surface area contributed by atoms with E-state index in [0.717, 1.165) is 11.0 Å². The van der Waals surface area contributed by atoms with Crippen molar-refractivity contribution in [1.82, 2.24) is 9.78 Å². The van der Waals surface area contributed by atoms with Crippen molar-refractivity contribution in [2.24, 2.45) is 0 Å². The molecule has 0 aliphatic carbocycles. The highest BCUT2D eigenvalue weighted by Gasteiger charge is 2.01. The largest absolute Gasteiger partial charge is 0.253 e. The van der Waals surface area contributed by atoms with Crippen molar-refractivity contribution in [3.8, 4) is 0 Å². The first-order chi connectivity index (χ1) is 4.25. The Bertz CT molecular complexity index is 209. The molecule has 0 fully saturated rings. The lowest BCUT2D eigenvalue weighted by molar-refractivity contribution is 0.660. The van der Waals surface area contributed by atoms with Crippen molar-refractivity contribution < 1.29 is 0 Å². The van der Waals surface area contributed by atoms with Gasteiger partial charge in [0.15, 0.2) is 0 Å². The molecular weight excluding hydrogens is 203 g/mol. The molecule has 0 spiro atoms. The molecule has 0 radical (unpaired) electrons. The van der Waals surface area contributed by atoms with Gasteiger partial charge in [0.1, 0.15) is 5.15 Å². The fourth-order valence-corrected chi connectivity index (χ4v) is 1.08. The quantitative estimate of drug-likeness (QED) is 0.694. The molecule has 0 saturated carbocycles. The summed E-state index contributed by atoms with van der Waals surface area (Å²) in [5.74, 6) is 0. The van der Waals surface area contributed by atoms with Crippen LogP contribution in [-0.4, -0.2) is 9.78 Å². The van der Waals surface area contributed by atoms with Crippen LogP contribution in [0.3, 0.4) is 0 Å². The Morgan fingerprint density at radius 2 is 2.56 bits per heavy atom. The second-order valence-electron chi connectivity index (χ2n) is 1.60. The standard InChI is InChI=1S/C5H6BrClN2/c1-2-9-5(7)4(6)3-8-9/h3H,2H2,1H3. The second-order valence-corrected chi connectivity index (χ2v) is 2.81. The molecule has 2 nitrogen and oxygen atoms in total. The van der Waals surface area contributed by atoms with Crippen LogP contribution < -0.4 is 0 Å². The summed E-state index contributed by atoms with van der Waals surface area (Å²) in [6, 6.07) is 0. The number of aromatic nitrogens is 2. The minimum atomic E-state index is 0.664. The molecule has 0 aromatic carbocycles. The number of aryl methyl sites for hydroxylation is 1. The molecular formula is C5H6BrClN2. The predicted molar refractivity (Wildman–Crippen MR) is 40.6 cm³/mol. The van der Waals surface area contributed by atoms with Gasteiger partial charge in [-0.05, 0) is 22.9 Å². The van der Waals surface area contributed by atoms with E-state index in [1.165, 1.54) is 0 Å². The number of halogens is 2. The number of hydrogen-bond acceptors (Lipinski definition) is 1. The third-order valence-electron chi connectivity index (χ3n) is 1.03. The van der Waals surface area contributed by atoms with E-state index in [4.69, 9.17) is 11.6 Å². The normalized spacial score (nSPS) is 10.1. The van der Waals surface area contributed by atoms with E-state index in [0.29, 0.717) is 5.15 Å². The van der Waals surface area contributed by atoms with Gasteiger partial charge in [-0.3, -0.25) is 4.68 Å². The van der Waals surface area contributed by atoms with Gasteiger partial charge in [-0.1, -0.05) is 11.6 Å². The third kappa shape index (κ3) is 1.27. The third-order valence-corrected chi connectivity index (χ3v) is 2.24. The molecule has 9 heavy (non-hydrogen) atoms. The zero-order chi connectivity index (χ0) is 6.85. The van der Waals surface area contributed by atoms with E-state index in [1.807, 2.05) is 6.92 Å². The van der Waals surface area contributed by atoms with Crippen LogP contribution in [0.5, 0.6) is 0 Å². The SMILES string of the molecule is CCn1ncc(Br)c1Cl. The maximum atomic E-state index is 5.76. The Morgan fingerprint density at radius 3 is 2.78 bits per heavy atom. The first-order valence-electron chi connectivity index (χ1n) is 2.62. The summed E-state index contributed by atoms with van der Waals surface area (Å²) in [7, 11) is 0. The maximum Gasteiger partial charge on any atom is 0.141 e. The summed E-state index contributed by atoms with van der Waals surface area (Å²) < 4.78 is 2.57. The van der Waals surface area contributed by atoms with Crippen LogP contribution in [0.1, 0.15) is 6.92 Å². The van der Waals surface area contributed by atoms with E-state index in [-0.39, 0.29) is 0 Å². The molecule has 0 N–H and O–H groups in total. The number of nitrogens with zero attached hydrogens (tertiary/aromatic N) is 2. The van der Waals surface area contributed by atoms with Crippen molar-refractivity contribution in [2.75, 3.05) is 0 Å². The highest BCUT2D eigenvalue weighted by atomic mass is 79.9. The molecule has 0 aliphatic heterocycles. The molecule has 1 aromatic rings. The fraction of sp³-hybridized carbons (Fsp3) is 0.400. The summed E-state index contributed by atoms with van der Waals surface area (Å²) in [5, 5.41) is 4.64. The van der Waals surface area contributed by atoms with Crippen LogP contribution in [0, 0.1) is 0 Å². The highest BCUT2D eigenvalue weighted by molar-refractivity contribution is 9.10. The van der Waals surface area contributed by atoms with Crippen LogP contribution in [0.25, 0.3) is 0 Å². The average Bonchev–Trinajstić information content (AvgIpc) is 2.15. The first kappa shape index (κ1) is 7.09. The van der Waals surface area contributed by atoms with Crippen molar-refractivity contribution in [3.63, 3.8) is 0 Å². The lowest BCUT2D eigenvalue weighted by Gasteiger charge is -1.93. The van der Waals surface area contributed by atoms with Gasteiger partial charge in [0.2, 0.25) is 0 Å². The average molecular weight is 209 g/mol. The molecule has 0 atom stereocenters. The van der Waals surface area contributed by atoms with E-state index in [1.54, 1.807) is 10.9 Å². The molecule has 0 aliphatic rings. The summed E-state index contributed by atoms with van der Waals surface area (Å²) in [5.41, 5.74) is 0. The Balaban J connectivity index is 3.04. The molecule has 0 saturated heterocycles. The van der Waals surface area contributed by atoms with Crippen molar-refractivity contribution in [1.29, 1.82) is 0 Å². The second kappa shape index (κ2) is 2.71. The Kier molecular flexibility index (Phi) is 2.13. The number of hydrogen-bond donors (Lipinski definition) is 0. The molecule has 0 bridgehead atoms. The minimum Gasteiger partial charge on any atom is -0.253 e. The van der Waals surface area contributed by atoms with Gasteiger partial charge in [0.05, 0.1) is 10.7 Å². The molecule has 4 heteroatoms. The van der Waals surface area contributed by atoms with Crippen LogP contribution >= 0.6 is 27.5 Å². The fourth-order valence-electron chi connectivity index (χ4n) is 0.568. The topological polar surface area (TPSA) is 17.8 Å². The van der Waals surface area contributed by atoms with Gasteiger partial charge in [0, 0.05) is 6.54 Å². The van der Waals surface area contributed by atoms with Crippen molar-refractivity contribution in [2.45, 2.75) is 13.5 Å². The Labute approximate surface area is 66.9 Å². The van der Waals surface area contributed by atoms with E-state index in [2.05, 4.69) is 21.0 Å². The lowest BCUT2D eigenvalue weighted by Crippen LogP contribution is -1.94. The minimum absolute atomic E-state index is 0.664. The zero-order valence-electron chi connectivity index (χ0n) is 4.93. The molecule has 0 amide bonds. The van der Waals surface area contributed by atoms with Crippen LogP contribution in [0.15, 0.2) is 10.7 Å². The predicted octanol–water partition coefficient (Wildman–Crippen LogP) is 2.32. The Morgan fingerprint density at radius 1 is 1.89 bits per heavy atom. The molecule has 1 aromatic heterocycles. The molecule has 50 valence electrons. The van der Waals surface area contributed by atoms with Crippen LogP contribution in [0.2, 0.25) is 5.15 Å². The van der Waals surface area contributed by atoms with Gasteiger partial charge in [0.25, 0.3) is 0 Å². The van der Waals surface area contributed by atoms with Crippen molar-refractivity contribution >= 4 is 27.5 Å². The number of rotatable bonds is 1. The molecule has 1 heterocycles. The zero-order valence-corrected chi connectivity index (χ0v) is 7.28. The molecule has 1 rings (SSSR count). The van der Waals surface area contributed by atoms with Crippen LogP contribution in [-0.2, 0) is 6.54 Å². The van der Waals surface area contributed by atoms with E-state index >= 15 is 0 Å². The first-order valence-corrected chi connectivity index (χ1v) is 3.79. The van der Waals surface area contributed by atoms with Gasteiger partial charge >= 0.3 is 0 Å². The van der Waals surface area contributed by atoms with Gasteiger partial charge in [-0.2, -0.15) is 5.10 Å². The summed E-state index contributed by atoms with van der Waals surface area (Å²) in [4.78, 5) is 0. The summed E-state index contributed by atoms with van der Waals surface area (Å²) in [6.45, 7) is 2.80. The summed E-state index contributed by atoms with van der Waals surface area (Å²) in [6.07, 6.45) is 1.69. The molecule has 0 unspecified atom stereocenters. The van der Waals surface area contributed by atoms with E-state index in [9.17, 15) is 0 Å². The maximum absolute atomic E-state index is 5.76. The highest BCUT2D eigenvalue weighted by Crippen LogP contribution is 2.20. The van der Waals surface area contributed by atoms with Crippen LogP contribution in [0.4, 0.5) is 0 Å². The van der Waals surface area contributed by atoms with E-state index < -0.39 is 0 Å². The van der Waals surface area contributed by atoms with Gasteiger partial charge in [-0.15, -0.1) is 0 Å². The van der Waals surface area contributed by atoms with Gasteiger partial charge < -0.3 is 0 Å². The lowest BCUT2D eigenvalue weighted by atomic mass is 10.7. The Hall–Kier alpha value is -0.0200. The summed E-state index contributed by atoms with van der Waals surface area (Å²) >= 11 is 9.00. The monoisotopic (exact) mass is 208 g/mol. The smallest absolute Gasteiger partial charge is 0.141 e.